The van der Waals surface area contributed by atoms with Crippen LogP contribution in [-0.2, 0) is 20.7 Å². The van der Waals surface area contributed by atoms with E-state index in [9.17, 15) is 9.18 Å². The first kappa shape index (κ1) is 27.1. The smallest absolute Gasteiger partial charge is 0.335 e. The molecule has 1 N–H and O–H groups in total. The zero-order chi connectivity index (χ0) is 25.9. The van der Waals surface area contributed by atoms with E-state index in [1.807, 2.05) is 38.2 Å². The van der Waals surface area contributed by atoms with E-state index in [1.54, 1.807) is 24.0 Å². The van der Waals surface area contributed by atoms with Gasteiger partial charge in [-0.25, -0.2) is 9.18 Å². The van der Waals surface area contributed by atoms with E-state index in [0.29, 0.717) is 50.2 Å². The van der Waals surface area contributed by atoms with Crippen molar-refractivity contribution >= 4 is 35.2 Å². The SMILES string of the molecule is CCOC(=O)C(Cc1ccc(OCCN(C)c2nc(Cl)nc(Nc3ccc(F)cc3)n2)cc1)OCC. The second kappa shape index (κ2) is 13.6. The number of benzene rings is 2. The van der Waals surface area contributed by atoms with Crippen molar-refractivity contribution in [3.63, 3.8) is 0 Å². The molecule has 0 saturated heterocycles. The minimum absolute atomic E-state index is 0.0288. The maximum Gasteiger partial charge on any atom is 0.335 e. The van der Waals surface area contributed by atoms with E-state index in [-0.39, 0.29) is 23.0 Å². The molecule has 3 aromatic rings. The Hall–Kier alpha value is -3.50. The lowest BCUT2D eigenvalue weighted by Gasteiger charge is -2.18. The number of nitrogens with one attached hydrogen (secondary N) is 1. The summed E-state index contributed by atoms with van der Waals surface area (Å²) in [6.45, 7) is 5.19. The van der Waals surface area contributed by atoms with Crippen LogP contribution < -0.4 is 15.0 Å². The van der Waals surface area contributed by atoms with Crippen molar-refractivity contribution in [2.24, 2.45) is 0 Å². The summed E-state index contributed by atoms with van der Waals surface area (Å²) in [6.07, 6.45) is -0.214. The molecule has 1 unspecified atom stereocenters. The van der Waals surface area contributed by atoms with Crippen LogP contribution in [0.2, 0.25) is 5.28 Å². The molecule has 1 aromatic heterocycles. The topological polar surface area (TPSA) is 98.7 Å². The molecular weight excluding hydrogens is 489 g/mol. The van der Waals surface area contributed by atoms with Crippen molar-refractivity contribution in [1.29, 1.82) is 0 Å². The van der Waals surface area contributed by atoms with Gasteiger partial charge in [0, 0.05) is 25.8 Å². The molecule has 192 valence electrons. The predicted octanol–water partition coefficient (Wildman–Crippen LogP) is 4.43. The Morgan fingerprint density at radius 1 is 1.06 bits per heavy atom. The fourth-order valence-electron chi connectivity index (χ4n) is 3.21. The standard InChI is InChI=1S/C25H29ClFN5O4/c1-4-34-21(22(33)35-5-2)16-17-6-12-20(13-7-17)36-15-14-32(3)25-30-23(26)29-24(31-25)28-19-10-8-18(27)9-11-19/h6-13,21H,4-5,14-16H2,1-3H3,(H,28,29,30,31). The van der Waals surface area contributed by atoms with Gasteiger partial charge < -0.3 is 24.4 Å². The molecule has 3 rings (SSSR count). The van der Waals surface area contributed by atoms with Crippen LogP contribution in [0.25, 0.3) is 0 Å². The van der Waals surface area contributed by atoms with E-state index in [2.05, 4.69) is 20.3 Å². The largest absolute Gasteiger partial charge is 0.492 e. The number of nitrogens with zero attached hydrogens (tertiary/aromatic N) is 4. The van der Waals surface area contributed by atoms with Crippen molar-refractivity contribution < 1.29 is 23.4 Å². The summed E-state index contributed by atoms with van der Waals surface area (Å²) in [6, 6.07) is 13.3. The number of hydrogen-bond donors (Lipinski definition) is 1. The molecule has 0 fully saturated rings. The number of carbonyl (C=O) groups excluding carboxylic acids is 1. The Morgan fingerprint density at radius 2 is 1.78 bits per heavy atom. The Bertz CT molecular complexity index is 1120. The van der Waals surface area contributed by atoms with E-state index < -0.39 is 6.10 Å². The second-order valence-electron chi connectivity index (χ2n) is 7.67. The molecule has 0 aliphatic carbocycles. The van der Waals surface area contributed by atoms with Gasteiger partial charge in [0.25, 0.3) is 0 Å². The third-order valence-electron chi connectivity index (χ3n) is 5.00. The zero-order valence-corrected chi connectivity index (χ0v) is 21.2. The van der Waals surface area contributed by atoms with E-state index in [1.165, 1.54) is 12.1 Å². The molecule has 0 amide bonds. The second-order valence-corrected chi connectivity index (χ2v) is 8.01. The lowest BCUT2D eigenvalue weighted by Crippen LogP contribution is -2.29. The number of aromatic nitrogens is 3. The van der Waals surface area contributed by atoms with E-state index >= 15 is 0 Å². The van der Waals surface area contributed by atoms with Crippen LogP contribution in [0, 0.1) is 5.82 Å². The molecule has 11 heteroatoms. The lowest BCUT2D eigenvalue weighted by molar-refractivity contribution is -0.156. The molecule has 2 aromatic carbocycles. The molecule has 1 atom stereocenters. The molecule has 0 aliphatic rings. The summed E-state index contributed by atoms with van der Waals surface area (Å²) in [7, 11) is 1.81. The summed E-state index contributed by atoms with van der Waals surface area (Å²) in [5.74, 6) is 0.587. The fourth-order valence-corrected chi connectivity index (χ4v) is 3.37. The Morgan fingerprint density at radius 3 is 2.44 bits per heavy atom. The van der Waals surface area contributed by atoms with Gasteiger partial charge in [0.15, 0.2) is 6.10 Å². The minimum atomic E-state index is -0.634. The number of rotatable bonds is 13. The first-order valence-electron chi connectivity index (χ1n) is 11.5. The average molecular weight is 518 g/mol. The highest BCUT2D eigenvalue weighted by atomic mass is 35.5. The van der Waals surface area contributed by atoms with Gasteiger partial charge in [-0.2, -0.15) is 15.0 Å². The molecule has 9 nitrogen and oxygen atoms in total. The number of hydrogen-bond acceptors (Lipinski definition) is 9. The van der Waals surface area contributed by atoms with Gasteiger partial charge in [0.2, 0.25) is 17.2 Å². The zero-order valence-electron chi connectivity index (χ0n) is 20.4. The third-order valence-corrected chi connectivity index (χ3v) is 5.16. The van der Waals surface area contributed by atoms with Crippen LogP contribution in [0.3, 0.4) is 0 Å². The highest BCUT2D eigenvalue weighted by Gasteiger charge is 2.20. The number of carbonyl (C=O) groups is 1. The molecule has 0 bridgehead atoms. The van der Waals surface area contributed by atoms with Gasteiger partial charge in [-0.1, -0.05) is 12.1 Å². The number of likely N-dealkylation sites (N-methyl/N-ethyl adjacent to an activating group) is 1. The molecule has 0 spiro atoms. The molecule has 36 heavy (non-hydrogen) atoms. The van der Waals surface area contributed by atoms with Crippen LogP contribution in [0.1, 0.15) is 19.4 Å². The van der Waals surface area contributed by atoms with Crippen LogP contribution in [0.15, 0.2) is 48.5 Å². The Labute approximate surface area is 214 Å². The van der Waals surface area contributed by atoms with E-state index in [4.69, 9.17) is 25.8 Å². The number of anilines is 3. The van der Waals surface area contributed by atoms with Crippen LogP contribution in [0.5, 0.6) is 5.75 Å². The van der Waals surface area contributed by atoms with Crippen molar-refractivity contribution in [1.82, 2.24) is 15.0 Å². The van der Waals surface area contributed by atoms with Crippen molar-refractivity contribution in [3.05, 3.63) is 65.2 Å². The van der Waals surface area contributed by atoms with Crippen molar-refractivity contribution in [2.75, 3.05) is 43.6 Å². The number of esters is 1. The van der Waals surface area contributed by atoms with Crippen LogP contribution in [0.4, 0.5) is 22.0 Å². The highest BCUT2D eigenvalue weighted by Crippen LogP contribution is 2.18. The van der Waals surface area contributed by atoms with Gasteiger partial charge in [-0.3, -0.25) is 0 Å². The Balaban J connectivity index is 1.52. The van der Waals surface area contributed by atoms with Gasteiger partial charge >= 0.3 is 5.97 Å². The van der Waals surface area contributed by atoms with Crippen LogP contribution >= 0.6 is 11.6 Å². The Kier molecular flexibility index (Phi) is 10.2. The van der Waals surface area contributed by atoms with Gasteiger partial charge in [0.1, 0.15) is 18.2 Å². The predicted molar refractivity (Wildman–Crippen MR) is 135 cm³/mol. The summed E-state index contributed by atoms with van der Waals surface area (Å²) in [5.41, 5.74) is 1.56. The number of halogens is 2. The minimum Gasteiger partial charge on any atom is -0.492 e. The first-order chi connectivity index (χ1) is 17.4. The average Bonchev–Trinajstić information content (AvgIpc) is 2.86. The third kappa shape index (κ3) is 8.31. The maximum atomic E-state index is 13.1. The summed E-state index contributed by atoms with van der Waals surface area (Å²) in [4.78, 5) is 26.4. The monoisotopic (exact) mass is 517 g/mol. The maximum absolute atomic E-state index is 13.1. The van der Waals surface area contributed by atoms with E-state index in [0.717, 1.165) is 5.56 Å². The normalized spacial score (nSPS) is 11.6. The summed E-state index contributed by atoms with van der Waals surface area (Å²) in [5, 5.41) is 3.01. The van der Waals surface area contributed by atoms with Gasteiger partial charge in [-0.05, 0) is 67.4 Å². The molecule has 0 radical (unpaired) electrons. The van der Waals surface area contributed by atoms with Gasteiger partial charge in [0.05, 0.1) is 13.2 Å². The summed E-state index contributed by atoms with van der Waals surface area (Å²) < 4.78 is 29.6. The first-order valence-corrected chi connectivity index (χ1v) is 11.9. The van der Waals surface area contributed by atoms with Crippen molar-refractivity contribution in [3.8, 4) is 5.75 Å². The molecular formula is C25H29ClFN5O4. The molecule has 0 aliphatic heterocycles. The molecule has 1 heterocycles. The fraction of sp³-hybridized carbons (Fsp3) is 0.360. The summed E-state index contributed by atoms with van der Waals surface area (Å²) >= 11 is 6.06. The quantitative estimate of drug-likeness (QED) is 0.330. The number of ether oxygens (including phenoxy) is 3. The van der Waals surface area contributed by atoms with Crippen molar-refractivity contribution in [2.45, 2.75) is 26.4 Å². The van der Waals surface area contributed by atoms with Crippen LogP contribution in [-0.4, -0.2) is 60.4 Å². The lowest BCUT2D eigenvalue weighted by atomic mass is 10.1. The molecule has 0 saturated carbocycles. The highest BCUT2D eigenvalue weighted by molar-refractivity contribution is 6.28. The van der Waals surface area contributed by atoms with Gasteiger partial charge in [-0.15, -0.1) is 0 Å².